The molecule has 1 atom stereocenters. The zero-order chi connectivity index (χ0) is 15.6. The van der Waals surface area contributed by atoms with Crippen LogP contribution in [-0.2, 0) is 0 Å². The fourth-order valence-electron chi connectivity index (χ4n) is 2.16. The van der Waals surface area contributed by atoms with Crippen molar-refractivity contribution in [1.29, 1.82) is 0 Å². The van der Waals surface area contributed by atoms with Crippen LogP contribution in [0.4, 0.5) is 8.78 Å². The maximum atomic E-state index is 13.6. The van der Waals surface area contributed by atoms with Gasteiger partial charge in [-0.15, -0.1) is 11.3 Å². The average Bonchev–Trinajstić information content (AvgIpc) is 2.75. The monoisotopic (exact) mass is 329 g/mol. The Bertz CT molecular complexity index is 620. The molecule has 0 bridgehead atoms. The molecule has 0 fully saturated rings. The van der Waals surface area contributed by atoms with Crippen molar-refractivity contribution in [2.45, 2.75) is 33.2 Å². The van der Waals surface area contributed by atoms with E-state index in [0.29, 0.717) is 5.56 Å². The lowest BCUT2D eigenvalue weighted by Gasteiger charge is -2.19. The summed E-state index contributed by atoms with van der Waals surface area (Å²) < 4.78 is 26.9. The molecule has 0 spiro atoms. The highest BCUT2D eigenvalue weighted by atomic mass is 35.5. The summed E-state index contributed by atoms with van der Waals surface area (Å²) in [5.74, 6) is -1.79. The van der Waals surface area contributed by atoms with Crippen LogP contribution in [0, 0.1) is 25.5 Å². The maximum Gasteiger partial charge on any atom is 0.160 e. The third kappa shape index (κ3) is 3.62. The number of thiophene rings is 1. The van der Waals surface area contributed by atoms with Gasteiger partial charge in [-0.1, -0.05) is 18.5 Å². The van der Waals surface area contributed by atoms with Gasteiger partial charge in [0.25, 0.3) is 0 Å². The predicted molar refractivity (Wildman–Crippen MR) is 85.3 cm³/mol. The zero-order valence-corrected chi connectivity index (χ0v) is 13.8. The van der Waals surface area contributed by atoms with Crippen LogP contribution in [0.3, 0.4) is 0 Å². The first-order chi connectivity index (χ1) is 9.93. The molecule has 0 aliphatic rings. The van der Waals surface area contributed by atoms with E-state index in [4.69, 9.17) is 11.6 Å². The molecule has 2 rings (SSSR count). The van der Waals surface area contributed by atoms with Crippen LogP contribution in [0.15, 0.2) is 18.2 Å². The third-order valence-electron chi connectivity index (χ3n) is 3.42. The highest BCUT2D eigenvalue weighted by Gasteiger charge is 2.21. The van der Waals surface area contributed by atoms with Crippen LogP contribution >= 0.6 is 22.9 Å². The molecule has 1 aromatic heterocycles. The Kier molecular flexibility index (Phi) is 5.36. The van der Waals surface area contributed by atoms with Gasteiger partial charge in [-0.25, -0.2) is 8.78 Å². The molecule has 5 heteroatoms. The SMILES string of the molecule is CCCNC(c1cc(C)c(C)s1)c1cc(F)c(F)cc1Cl. The highest BCUT2D eigenvalue weighted by Crippen LogP contribution is 2.35. The Balaban J connectivity index is 2.47. The van der Waals surface area contributed by atoms with Crippen molar-refractivity contribution in [1.82, 2.24) is 5.32 Å². The lowest BCUT2D eigenvalue weighted by Crippen LogP contribution is -2.23. The summed E-state index contributed by atoms with van der Waals surface area (Å²) in [4.78, 5) is 2.28. The molecule has 0 amide bonds. The van der Waals surface area contributed by atoms with Crippen molar-refractivity contribution in [3.8, 4) is 0 Å². The molecule has 114 valence electrons. The first-order valence-electron chi connectivity index (χ1n) is 6.88. The molecule has 0 saturated carbocycles. The Labute approximate surface area is 133 Å². The maximum absolute atomic E-state index is 13.6. The van der Waals surface area contributed by atoms with Crippen molar-refractivity contribution in [2.24, 2.45) is 0 Å². The molecule has 1 N–H and O–H groups in total. The quantitative estimate of drug-likeness (QED) is 0.726. The Hall–Kier alpha value is -0.970. The largest absolute Gasteiger partial charge is 0.306 e. The standard InChI is InChI=1S/C16H18ClF2NS/c1-4-5-20-16(15-6-9(2)10(3)21-15)11-7-13(18)14(19)8-12(11)17/h6-8,16,20H,4-5H2,1-3H3. The summed E-state index contributed by atoms with van der Waals surface area (Å²) in [6.45, 7) is 6.92. The lowest BCUT2D eigenvalue weighted by atomic mass is 10.0. The van der Waals surface area contributed by atoms with Crippen molar-refractivity contribution in [3.05, 3.63) is 55.7 Å². The van der Waals surface area contributed by atoms with E-state index in [1.54, 1.807) is 11.3 Å². The highest BCUT2D eigenvalue weighted by molar-refractivity contribution is 7.12. The van der Waals surface area contributed by atoms with Gasteiger partial charge in [0.05, 0.1) is 6.04 Å². The van der Waals surface area contributed by atoms with Crippen LogP contribution in [0.25, 0.3) is 0 Å². The van der Waals surface area contributed by atoms with E-state index >= 15 is 0 Å². The second-order valence-corrected chi connectivity index (χ2v) is 6.76. The van der Waals surface area contributed by atoms with E-state index in [9.17, 15) is 8.78 Å². The molecule has 2 aromatic rings. The van der Waals surface area contributed by atoms with Gasteiger partial charge in [0.15, 0.2) is 11.6 Å². The van der Waals surface area contributed by atoms with Crippen molar-refractivity contribution >= 4 is 22.9 Å². The second kappa shape index (κ2) is 6.86. The van der Waals surface area contributed by atoms with Gasteiger partial charge in [-0.2, -0.15) is 0 Å². The van der Waals surface area contributed by atoms with Gasteiger partial charge < -0.3 is 5.32 Å². The van der Waals surface area contributed by atoms with E-state index in [1.165, 1.54) is 16.5 Å². The fourth-order valence-corrected chi connectivity index (χ4v) is 3.55. The van der Waals surface area contributed by atoms with Gasteiger partial charge in [0.2, 0.25) is 0 Å². The Morgan fingerprint density at radius 1 is 1.19 bits per heavy atom. The summed E-state index contributed by atoms with van der Waals surface area (Å²) in [7, 11) is 0. The zero-order valence-electron chi connectivity index (χ0n) is 12.3. The molecular weight excluding hydrogens is 312 g/mol. The van der Waals surface area contributed by atoms with Crippen LogP contribution in [-0.4, -0.2) is 6.54 Å². The van der Waals surface area contributed by atoms with Gasteiger partial charge in [-0.05, 0) is 56.1 Å². The topological polar surface area (TPSA) is 12.0 Å². The molecule has 21 heavy (non-hydrogen) atoms. The summed E-state index contributed by atoms with van der Waals surface area (Å²) in [6.07, 6.45) is 0.946. The van der Waals surface area contributed by atoms with E-state index < -0.39 is 11.6 Å². The minimum absolute atomic E-state index is 0.218. The van der Waals surface area contributed by atoms with Crippen LogP contribution in [0.1, 0.15) is 40.3 Å². The van der Waals surface area contributed by atoms with Crippen LogP contribution in [0.5, 0.6) is 0 Å². The Morgan fingerprint density at radius 2 is 1.86 bits per heavy atom. The number of aryl methyl sites for hydroxylation is 2. The smallest absolute Gasteiger partial charge is 0.160 e. The molecular formula is C16H18ClF2NS. The number of halogens is 3. The van der Waals surface area contributed by atoms with Crippen LogP contribution in [0.2, 0.25) is 5.02 Å². The molecule has 1 heterocycles. The average molecular weight is 330 g/mol. The van der Waals surface area contributed by atoms with Gasteiger partial charge in [0, 0.05) is 14.8 Å². The molecule has 1 aromatic carbocycles. The fraction of sp³-hybridized carbons (Fsp3) is 0.375. The molecule has 0 saturated heterocycles. The first kappa shape index (κ1) is 16.4. The lowest BCUT2D eigenvalue weighted by molar-refractivity contribution is 0.503. The van der Waals surface area contributed by atoms with E-state index in [1.807, 2.05) is 13.8 Å². The number of rotatable bonds is 5. The van der Waals surface area contributed by atoms with Crippen LogP contribution < -0.4 is 5.32 Å². The van der Waals surface area contributed by atoms with Gasteiger partial charge in [0.1, 0.15) is 0 Å². The number of hydrogen-bond donors (Lipinski definition) is 1. The third-order valence-corrected chi connectivity index (χ3v) is 4.96. The second-order valence-electron chi connectivity index (χ2n) is 5.06. The number of nitrogens with one attached hydrogen (secondary N) is 1. The number of benzene rings is 1. The van der Waals surface area contributed by atoms with E-state index in [-0.39, 0.29) is 11.1 Å². The predicted octanol–water partition coefficient (Wildman–Crippen LogP) is 5.39. The molecule has 0 radical (unpaired) electrons. The minimum atomic E-state index is -0.920. The summed E-state index contributed by atoms with van der Waals surface area (Å²) >= 11 is 7.78. The Morgan fingerprint density at radius 3 is 2.43 bits per heavy atom. The first-order valence-corrected chi connectivity index (χ1v) is 8.08. The molecule has 1 nitrogen and oxygen atoms in total. The summed E-state index contributed by atoms with van der Waals surface area (Å²) in [5, 5.41) is 3.61. The number of hydrogen-bond acceptors (Lipinski definition) is 2. The van der Waals surface area contributed by atoms with E-state index in [2.05, 4.69) is 18.3 Å². The summed E-state index contributed by atoms with van der Waals surface area (Å²) in [5.41, 5.74) is 1.77. The van der Waals surface area contributed by atoms with Gasteiger partial charge >= 0.3 is 0 Å². The van der Waals surface area contributed by atoms with Crippen molar-refractivity contribution < 1.29 is 8.78 Å². The van der Waals surface area contributed by atoms with Crippen molar-refractivity contribution in [3.63, 3.8) is 0 Å². The molecule has 1 unspecified atom stereocenters. The van der Waals surface area contributed by atoms with E-state index in [0.717, 1.165) is 23.9 Å². The molecule has 0 aliphatic heterocycles. The summed E-state index contributed by atoms with van der Waals surface area (Å²) in [6, 6.07) is 4.09. The molecule has 0 aliphatic carbocycles. The van der Waals surface area contributed by atoms with Gasteiger partial charge in [-0.3, -0.25) is 0 Å². The van der Waals surface area contributed by atoms with Crippen molar-refractivity contribution in [2.75, 3.05) is 6.54 Å². The normalized spacial score (nSPS) is 12.7. The minimum Gasteiger partial charge on any atom is -0.306 e.